The van der Waals surface area contributed by atoms with E-state index in [-0.39, 0.29) is 53.8 Å². The molecule has 1 saturated heterocycles. The Hall–Kier alpha value is -3.84. The van der Waals surface area contributed by atoms with Gasteiger partial charge >= 0.3 is 0 Å². The molecule has 2 aromatic carbocycles. The van der Waals surface area contributed by atoms with Gasteiger partial charge in [0.2, 0.25) is 23.6 Å². The Morgan fingerprint density at radius 3 is 1.89 bits per heavy atom. The van der Waals surface area contributed by atoms with Crippen molar-refractivity contribution in [1.82, 2.24) is 25.3 Å². The summed E-state index contributed by atoms with van der Waals surface area (Å²) in [4.78, 5) is 61.6. The summed E-state index contributed by atoms with van der Waals surface area (Å²) in [6, 6.07) is 16.5. The van der Waals surface area contributed by atoms with Crippen LogP contribution in [0.2, 0.25) is 0 Å². The minimum Gasteiger partial charge on any atom is -0.379 e. The van der Waals surface area contributed by atoms with Crippen LogP contribution in [0.15, 0.2) is 60.7 Å². The number of hydrogen-bond donors (Lipinski definition) is 3. The third-order valence-electron chi connectivity index (χ3n) is 11.9. The highest BCUT2D eigenvalue weighted by Crippen LogP contribution is 2.32. The number of carbonyl (C=O) groups is 4. The molecule has 0 saturated carbocycles. The maximum Gasteiger partial charge on any atom is 0.245 e. The molecule has 0 spiro atoms. The number of rotatable bonds is 21. The molecule has 10 atom stereocenters. The number of nitrogens with zero attached hydrogens (tertiary/aromatic N) is 3. The molecule has 0 radical (unpaired) electrons. The fourth-order valence-electron chi connectivity index (χ4n) is 8.60. The van der Waals surface area contributed by atoms with Crippen molar-refractivity contribution in [2.45, 2.75) is 123 Å². The van der Waals surface area contributed by atoms with Gasteiger partial charge in [0.25, 0.3) is 0 Å². The summed E-state index contributed by atoms with van der Waals surface area (Å²) in [6.45, 7) is 14.3. The van der Waals surface area contributed by atoms with Crippen LogP contribution in [0, 0.1) is 23.7 Å². The van der Waals surface area contributed by atoms with Crippen molar-refractivity contribution in [3.63, 3.8) is 0 Å². The summed E-state index contributed by atoms with van der Waals surface area (Å²) in [5.74, 6) is -1.51. The summed E-state index contributed by atoms with van der Waals surface area (Å²) >= 11 is 0. The zero-order valence-electron chi connectivity index (χ0n) is 36.6. The largest absolute Gasteiger partial charge is 0.379 e. The van der Waals surface area contributed by atoms with Crippen LogP contribution in [0.3, 0.4) is 0 Å². The van der Waals surface area contributed by atoms with Gasteiger partial charge in [-0.3, -0.25) is 24.1 Å². The molecule has 7 unspecified atom stereocenters. The number of methoxy groups -OCH3 is 2. The Bertz CT molecular complexity index is 1550. The Morgan fingerprint density at radius 1 is 0.825 bits per heavy atom. The number of likely N-dealkylation sites (N-methyl/N-ethyl adjacent to an activating group) is 2. The number of nitrogens with two attached hydrogens (primary N) is 1. The third-order valence-corrected chi connectivity index (χ3v) is 11.9. The molecule has 1 aliphatic heterocycles. The van der Waals surface area contributed by atoms with E-state index in [2.05, 4.69) is 24.5 Å². The van der Waals surface area contributed by atoms with Crippen LogP contribution in [0.1, 0.15) is 97.4 Å². The first-order valence-corrected chi connectivity index (χ1v) is 20.7. The molecular weight excluding hydrogens is 721 g/mol. The summed E-state index contributed by atoms with van der Waals surface area (Å²) < 4.78 is 12.1. The molecule has 0 aromatic heterocycles. The predicted molar refractivity (Wildman–Crippen MR) is 226 cm³/mol. The van der Waals surface area contributed by atoms with E-state index in [0.29, 0.717) is 13.0 Å². The van der Waals surface area contributed by atoms with Crippen molar-refractivity contribution >= 4 is 23.6 Å². The highest BCUT2D eigenvalue weighted by molar-refractivity contribution is 5.90. The van der Waals surface area contributed by atoms with E-state index in [4.69, 9.17) is 15.2 Å². The normalized spacial score (nSPS) is 19.3. The van der Waals surface area contributed by atoms with Gasteiger partial charge in [-0.25, -0.2) is 0 Å². The van der Waals surface area contributed by atoms with Gasteiger partial charge in [-0.15, -0.1) is 0 Å². The van der Waals surface area contributed by atoms with Gasteiger partial charge in [0.05, 0.1) is 54.8 Å². The summed E-state index contributed by atoms with van der Waals surface area (Å²) in [7, 11) is 8.63. The Labute approximate surface area is 342 Å². The van der Waals surface area contributed by atoms with E-state index in [9.17, 15) is 19.2 Å². The van der Waals surface area contributed by atoms with Crippen molar-refractivity contribution < 1.29 is 28.7 Å². The maximum atomic E-state index is 14.4. The van der Waals surface area contributed by atoms with E-state index in [1.54, 1.807) is 26.2 Å². The number of carbonyl (C=O) groups excluding carboxylic acids is 4. The molecule has 57 heavy (non-hydrogen) atoms. The van der Waals surface area contributed by atoms with E-state index in [0.717, 1.165) is 24.0 Å². The predicted octanol–water partition coefficient (Wildman–Crippen LogP) is 5.19. The lowest BCUT2D eigenvalue weighted by atomic mass is 9.89. The van der Waals surface area contributed by atoms with Crippen LogP contribution in [0.4, 0.5) is 0 Å². The lowest BCUT2D eigenvalue weighted by Gasteiger charge is -2.41. The zero-order valence-corrected chi connectivity index (χ0v) is 36.6. The fourth-order valence-corrected chi connectivity index (χ4v) is 8.60. The summed E-state index contributed by atoms with van der Waals surface area (Å²) in [5, 5.41) is 6.28. The topological polar surface area (TPSA) is 147 Å². The molecule has 318 valence electrons. The second-order valence-corrected chi connectivity index (χ2v) is 16.8. The molecule has 1 aliphatic rings. The molecule has 1 heterocycles. The minimum absolute atomic E-state index is 0.0185. The standard InChI is InChI=1S/C45H72N6O6/c1-13-30(6)41(50(10)45(55)38(28(2)3)47-44(54)40(29(4)5)49(8)9)35(56-11)27-36(52)51-26-20-25-34(51)42(57-12)31(7)43(53)48-39(33-23-18-15-19-24-33)37(46)32-21-16-14-17-22-32/h14-19,21-24,28-31,34-35,37-42H,13,20,25-27,46H2,1-12H3,(H,47,54)(H,48,53)/t30?,31?,34?,35-,37?,38+,39+,40?,41?,42?/m1/s1. The van der Waals surface area contributed by atoms with E-state index < -0.39 is 48.3 Å². The van der Waals surface area contributed by atoms with Gasteiger partial charge < -0.3 is 35.6 Å². The number of nitrogens with one attached hydrogen (secondary N) is 2. The average Bonchev–Trinajstić information content (AvgIpc) is 3.68. The van der Waals surface area contributed by atoms with Gasteiger partial charge in [0.1, 0.15) is 6.04 Å². The molecule has 12 nitrogen and oxygen atoms in total. The van der Waals surface area contributed by atoms with Crippen molar-refractivity contribution in [1.29, 1.82) is 0 Å². The highest BCUT2D eigenvalue weighted by Gasteiger charge is 2.43. The van der Waals surface area contributed by atoms with Crippen LogP contribution >= 0.6 is 0 Å². The number of likely N-dealkylation sites (tertiary alicyclic amines) is 1. The molecular formula is C45H72N6O6. The molecule has 4 amide bonds. The minimum atomic E-state index is -0.759. The van der Waals surface area contributed by atoms with Crippen molar-refractivity contribution in [3.8, 4) is 0 Å². The van der Waals surface area contributed by atoms with E-state index in [1.807, 2.05) is 119 Å². The molecule has 4 N–H and O–H groups in total. The van der Waals surface area contributed by atoms with E-state index >= 15 is 0 Å². The monoisotopic (exact) mass is 793 g/mol. The molecule has 3 rings (SSSR count). The number of benzene rings is 2. The van der Waals surface area contributed by atoms with Gasteiger partial charge in [-0.05, 0) is 55.8 Å². The summed E-state index contributed by atoms with van der Waals surface area (Å²) in [5.41, 5.74) is 8.59. The Morgan fingerprint density at radius 2 is 1.40 bits per heavy atom. The van der Waals surface area contributed by atoms with Crippen LogP contribution in [0.25, 0.3) is 0 Å². The molecule has 2 aromatic rings. The number of amides is 4. The lowest BCUT2D eigenvalue weighted by molar-refractivity contribution is -0.148. The SMILES string of the molecule is CCC(C)C([C@@H](CC(=O)N1CCCC1C(OC)C(C)C(=O)N[C@@H](c1ccccc1)C(N)c1ccccc1)OC)N(C)C(=O)[C@@H](NC(=O)C(C(C)C)N(C)C)C(C)C. The number of hydrogen-bond acceptors (Lipinski definition) is 8. The van der Waals surface area contributed by atoms with Crippen molar-refractivity contribution in [2.75, 3.05) is 41.9 Å². The van der Waals surface area contributed by atoms with Gasteiger partial charge in [0, 0.05) is 27.8 Å². The Kier molecular flexibility index (Phi) is 18.6. The molecule has 0 bridgehead atoms. The molecule has 0 aliphatic carbocycles. The smallest absolute Gasteiger partial charge is 0.245 e. The van der Waals surface area contributed by atoms with Crippen LogP contribution in [-0.4, -0.2) is 117 Å². The van der Waals surface area contributed by atoms with Crippen LogP contribution in [-0.2, 0) is 28.7 Å². The van der Waals surface area contributed by atoms with Crippen molar-refractivity contribution in [3.05, 3.63) is 71.8 Å². The fraction of sp³-hybridized carbons (Fsp3) is 0.644. The quantitative estimate of drug-likeness (QED) is 0.157. The number of ether oxygens (including phenoxy) is 2. The van der Waals surface area contributed by atoms with Crippen LogP contribution in [0.5, 0.6) is 0 Å². The van der Waals surface area contributed by atoms with Gasteiger partial charge in [-0.2, -0.15) is 0 Å². The van der Waals surface area contributed by atoms with Gasteiger partial charge in [0.15, 0.2) is 0 Å². The van der Waals surface area contributed by atoms with Gasteiger partial charge in [-0.1, -0.05) is 116 Å². The first-order valence-electron chi connectivity index (χ1n) is 20.7. The first-order chi connectivity index (χ1) is 27.0. The van der Waals surface area contributed by atoms with Crippen molar-refractivity contribution in [2.24, 2.45) is 29.4 Å². The first kappa shape index (κ1) is 47.5. The lowest BCUT2D eigenvalue weighted by Crippen LogP contribution is -2.59. The molecule has 12 heteroatoms. The second kappa shape index (κ2) is 22.3. The zero-order chi connectivity index (χ0) is 42.6. The Balaban J connectivity index is 1.82. The molecule has 1 fully saturated rings. The summed E-state index contributed by atoms with van der Waals surface area (Å²) in [6.07, 6.45) is 1.02. The second-order valence-electron chi connectivity index (χ2n) is 16.8. The van der Waals surface area contributed by atoms with Crippen LogP contribution < -0.4 is 16.4 Å². The maximum absolute atomic E-state index is 14.4. The average molecular weight is 793 g/mol. The highest BCUT2D eigenvalue weighted by atomic mass is 16.5. The van der Waals surface area contributed by atoms with E-state index in [1.165, 1.54) is 0 Å². The third kappa shape index (κ3) is 12.1.